The number of benzene rings is 1. The minimum absolute atomic E-state index is 0.0968. The molecule has 0 spiro atoms. The van der Waals surface area contributed by atoms with E-state index >= 15 is 0 Å². The van der Waals surface area contributed by atoms with Crippen molar-refractivity contribution in [1.82, 2.24) is 15.3 Å². The van der Waals surface area contributed by atoms with Crippen LogP contribution >= 0.6 is 11.3 Å². The standard InChI is InChI=1S/C16H17N3OS/c20-16(8-7-12-4-3-11-21-12)17-10-9-15-18-13-5-1-2-6-14(13)19-15/h1-6,11H,7-10H2,(H,17,20)(H,18,19). The van der Waals surface area contributed by atoms with Crippen molar-refractivity contribution >= 4 is 28.3 Å². The van der Waals surface area contributed by atoms with E-state index in [0.717, 1.165) is 29.7 Å². The summed E-state index contributed by atoms with van der Waals surface area (Å²) in [5, 5.41) is 4.98. The molecule has 2 heterocycles. The summed E-state index contributed by atoms with van der Waals surface area (Å²) in [5.74, 6) is 1.01. The first kappa shape index (κ1) is 13.8. The van der Waals surface area contributed by atoms with Crippen LogP contribution < -0.4 is 5.32 Å². The molecule has 3 rings (SSSR count). The Hall–Kier alpha value is -2.14. The highest BCUT2D eigenvalue weighted by molar-refractivity contribution is 7.09. The van der Waals surface area contributed by atoms with Crippen molar-refractivity contribution in [2.45, 2.75) is 19.3 Å². The average molecular weight is 299 g/mol. The summed E-state index contributed by atoms with van der Waals surface area (Å²) in [7, 11) is 0. The van der Waals surface area contributed by atoms with Gasteiger partial charge in [-0.3, -0.25) is 4.79 Å². The second kappa shape index (κ2) is 6.54. The zero-order chi connectivity index (χ0) is 14.5. The van der Waals surface area contributed by atoms with Gasteiger partial charge in [-0.15, -0.1) is 11.3 Å². The van der Waals surface area contributed by atoms with Gasteiger partial charge in [0.2, 0.25) is 5.91 Å². The molecule has 3 aromatic rings. The van der Waals surface area contributed by atoms with Crippen molar-refractivity contribution < 1.29 is 4.79 Å². The smallest absolute Gasteiger partial charge is 0.220 e. The number of aryl methyl sites for hydroxylation is 1. The Morgan fingerprint density at radius 2 is 2.10 bits per heavy atom. The number of fused-ring (bicyclic) bond motifs is 1. The molecule has 1 aromatic carbocycles. The molecule has 0 aliphatic heterocycles. The van der Waals surface area contributed by atoms with Gasteiger partial charge in [-0.05, 0) is 30.0 Å². The first-order valence-electron chi connectivity index (χ1n) is 7.04. The Bertz CT molecular complexity index is 685. The molecule has 2 N–H and O–H groups in total. The number of thiophene rings is 1. The third-order valence-corrected chi connectivity index (χ3v) is 4.24. The van der Waals surface area contributed by atoms with E-state index in [2.05, 4.69) is 21.4 Å². The van der Waals surface area contributed by atoms with Crippen LogP contribution in [0, 0.1) is 0 Å². The van der Waals surface area contributed by atoms with Crippen LogP contribution in [0.25, 0.3) is 11.0 Å². The summed E-state index contributed by atoms with van der Waals surface area (Å²) in [6.45, 7) is 0.614. The molecule has 21 heavy (non-hydrogen) atoms. The van der Waals surface area contributed by atoms with Gasteiger partial charge in [-0.1, -0.05) is 18.2 Å². The predicted octanol–water partition coefficient (Wildman–Crippen LogP) is 2.92. The number of para-hydroxylation sites is 2. The van der Waals surface area contributed by atoms with Crippen molar-refractivity contribution in [2.75, 3.05) is 6.54 Å². The summed E-state index contributed by atoms with van der Waals surface area (Å²) in [5.41, 5.74) is 2.01. The maximum absolute atomic E-state index is 11.8. The van der Waals surface area contributed by atoms with Crippen LogP contribution in [0.3, 0.4) is 0 Å². The Morgan fingerprint density at radius 1 is 1.19 bits per heavy atom. The fourth-order valence-electron chi connectivity index (χ4n) is 2.22. The largest absolute Gasteiger partial charge is 0.356 e. The van der Waals surface area contributed by atoms with Crippen LogP contribution in [-0.4, -0.2) is 22.4 Å². The zero-order valence-electron chi connectivity index (χ0n) is 11.6. The lowest BCUT2D eigenvalue weighted by atomic mass is 10.2. The van der Waals surface area contributed by atoms with E-state index in [0.29, 0.717) is 13.0 Å². The first-order chi connectivity index (χ1) is 10.3. The van der Waals surface area contributed by atoms with E-state index in [-0.39, 0.29) is 5.91 Å². The molecule has 0 radical (unpaired) electrons. The fraction of sp³-hybridized carbons (Fsp3) is 0.250. The van der Waals surface area contributed by atoms with E-state index in [1.54, 1.807) is 11.3 Å². The molecule has 1 amide bonds. The quantitative estimate of drug-likeness (QED) is 0.735. The minimum atomic E-state index is 0.0968. The molecule has 108 valence electrons. The Balaban J connectivity index is 1.44. The third-order valence-electron chi connectivity index (χ3n) is 3.30. The van der Waals surface area contributed by atoms with Gasteiger partial charge < -0.3 is 10.3 Å². The molecule has 0 aliphatic rings. The number of aromatic nitrogens is 2. The summed E-state index contributed by atoms with van der Waals surface area (Å²) in [6, 6.07) is 12.0. The monoisotopic (exact) mass is 299 g/mol. The van der Waals surface area contributed by atoms with Crippen LogP contribution in [0.1, 0.15) is 17.1 Å². The van der Waals surface area contributed by atoms with Gasteiger partial charge >= 0.3 is 0 Å². The number of aromatic amines is 1. The number of hydrogen-bond acceptors (Lipinski definition) is 3. The molecule has 0 fully saturated rings. The molecular formula is C16H17N3OS. The summed E-state index contributed by atoms with van der Waals surface area (Å²) in [6.07, 6.45) is 2.08. The highest BCUT2D eigenvalue weighted by atomic mass is 32.1. The lowest BCUT2D eigenvalue weighted by Gasteiger charge is -2.03. The van der Waals surface area contributed by atoms with Gasteiger partial charge in [0.15, 0.2) is 0 Å². The SMILES string of the molecule is O=C(CCc1cccs1)NCCc1nc2ccccc2[nH]1. The molecule has 0 unspecified atom stereocenters. The molecule has 5 heteroatoms. The zero-order valence-corrected chi connectivity index (χ0v) is 12.5. The molecule has 0 saturated heterocycles. The van der Waals surface area contributed by atoms with Gasteiger partial charge in [0.05, 0.1) is 11.0 Å². The van der Waals surface area contributed by atoms with E-state index in [1.807, 2.05) is 35.7 Å². The number of hydrogen-bond donors (Lipinski definition) is 2. The van der Waals surface area contributed by atoms with E-state index < -0.39 is 0 Å². The number of rotatable bonds is 6. The van der Waals surface area contributed by atoms with E-state index in [1.165, 1.54) is 4.88 Å². The number of nitrogens with zero attached hydrogens (tertiary/aromatic N) is 1. The molecule has 2 aromatic heterocycles. The number of carbonyl (C=O) groups excluding carboxylic acids is 1. The number of nitrogens with one attached hydrogen (secondary N) is 2. The Morgan fingerprint density at radius 3 is 2.90 bits per heavy atom. The number of carbonyl (C=O) groups is 1. The Labute approximate surface area is 127 Å². The number of H-pyrrole nitrogens is 1. The first-order valence-corrected chi connectivity index (χ1v) is 7.92. The lowest BCUT2D eigenvalue weighted by molar-refractivity contribution is -0.121. The van der Waals surface area contributed by atoms with Crippen molar-refractivity contribution in [3.8, 4) is 0 Å². The van der Waals surface area contributed by atoms with Gasteiger partial charge in [0, 0.05) is 24.3 Å². The summed E-state index contributed by atoms with van der Waals surface area (Å²) < 4.78 is 0. The normalized spacial score (nSPS) is 10.9. The molecule has 4 nitrogen and oxygen atoms in total. The van der Waals surface area contributed by atoms with E-state index in [9.17, 15) is 4.79 Å². The average Bonchev–Trinajstić information content (AvgIpc) is 3.14. The minimum Gasteiger partial charge on any atom is -0.356 e. The molecule has 0 aliphatic carbocycles. The van der Waals surface area contributed by atoms with Crippen molar-refractivity contribution in [3.05, 3.63) is 52.5 Å². The van der Waals surface area contributed by atoms with Crippen LogP contribution in [0.15, 0.2) is 41.8 Å². The number of amides is 1. The third kappa shape index (κ3) is 3.70. The second-order valence-electron chi connectivity index (χ2n) is 4.88. The van der Waals surface area contributed by atoms with Crippen LogP contribution in [0.2, 0.25) is 0 Å². The van der Waals surface area contributed by atoms with Gasteiger partial charge in [-0.2, -0.15) is 0 Å². The second-order valence-corrected chi connectivity index (χ2v) is 5.91. The maximum Gasteiger partial charge on any atom is 0.220 e. The van der Waals surface area contributed by atoms with Gasteiger partial charge in [0.25, 0.3) is 0 Å². The van der Waals surface area contributed by atoms with Gasteiger partial charge in [0.1, 0.15) is 5.82 Å². The summed E-state index contributed by atoms with van der Waals surface area (Å²) >= 11 is 1.69. The number of imidazole rings is 1. The molecule has 0 atom stereocenters. The topological polar surface area (TPSA) is 57.8 Å². The van der Waals surface area contributed by atoms with E-state index in [4.69, 9.17) is 0 Å². The van der Waals surface area contributed by atoms with Crippen molar-refractivity contribution in [1.29, 1.82) is 0 Å². The fourth-order valence-corrected chi connectivity index (χ4v) is 2.93. The highest BCUT2D eigenvalue weighted by Crippen LogP contribution is 2.11. The summed E-state index contributed by atoms with van der Waals surface area (Å²) in [4.78, 5) is 20.8. The van der Waals surface area contributed by atoms with Crippen LogP contribution in [0.4, 0.5) is 0 Å². The highest BCUT2D eigenvalue weighted by Gasteiger charge is 2.05. The van der Waals surface area contributed by atoms with Crippen LogP contribution in [0.5, 0.6) is 0 Å². The van der Waals surface area contributed by atoms with Crippen molar-refractivity contribution in [2.24, 2.45) is 0 Å². The molecular weight excluding hydrogens is 282 g/mol. The van der Waals surface area contributed by atoms with Crippen LogP contribution in [-0.2, 0) is 17.6 Å². The Kier molecular flexibility index (Phi) is 4.31. The molecule has 0 bridgehead atoms. The van der Waals surface area contributed by atoms with Crippen molar-refractivity contribution in [3.63, 3.8) is 0 Å². The molecule has 0 saturated carbocycles. The maximum atomic E-state index is 11.8. The predicted molar refractivity (Wildman–Crippen MR) is 85.4 cm³/mol. The van der Waals surface area contributed by atoms with Gasteiger partial charge in [-0.25, -0.2) is 4.98 Å². The lowest BCUT2D eigenvalue weighted by Crippen LogP contribution is -2.26.